The molecule has 0 aromatic rings. The van der Waals surface area contributed by atoms with Crippen LogP contribution in [-0.4, -0.2) is 0 Å². The molecule has 2 bridgehead atoms. The van der Waals surface area contributed by atoms with Gasteiger partial charge in [0.05, 0.1) is 0 Å². The van der Waals surface area contributed by atoms with E-state index in [1.807, 2.05) is 0 Å². The van der Waals surface area contributed by atoms with Gasteiger partial charge in [-0.05, 0) is 31.1 Å². The maximum absolute atomic E-state index is 3.71. The fourth-order valence-electron chi connectivity index (χ4n) is 2.42. The van der Waals surface area contributed by atoms with Crippen molar-refractivity contribution in [2.75, 3.05) is 0 Å². The molecule has 11 heavy (non-hydrogen) atoms. The van der Waals surface area contributed by atoms with Gasteiger partial charge < -0.3 is 0 Å². The lowest BCUT2D eigenvalue weighted by Gasteiger charge is -2.12. The molecule has 0 aromatic carbocycles. The quantitative estimate of drug-likeness (QED) is 0.458. The van der Waals surface area contributed by atoms with Crippen LogP contribution >= 0.6 is 0 Å². The van der Waals surface area contributed by atoms with Crippen LogP contribution in [0.2, 0.25) is 0 Å². The number of hydrogen-bond donors (Lipinski definition) is 0. The zero-order valence-corrected chi connectivity index (χ0v) is 6.69. The van der Waals surface area contributed by atoms with Gasteiger partial charge in [0.25, 0.3) is 0 Å². The normalized spacial score (nSPS) is 33.8. The summed E-state index contributed by atoms with van der Waals surface area (Å²) in [6.45, 7) is 7.42. The molecule has 56 valence electrons. The number of allylic oxidation sites excluding steroid dienone is 2. The minimum Gasteiger partial charge on any atom is -0.124 e. The first-order chi connectivity index (χ1) is 5.36. The molecule has 0 radical (unpaired) electrons. The van der Waals surface area contributed by atoms with Crippen LogP contribution in [0.25, 0.3) is 0 Å². The van der Waals surface area contributed by atoms with E-state index in [-0.39, 0.29) is 0 Å². The average molecular weight is 144 g/mol. The van der Waals surface area contributed by atoms with Crippen LogP contribution in [0.1, 0.15) is 19.3 Å². The van der Waals surface area contributed by atoms with Crippen LogP contribution in [0.5, 0.6) is 0 Å². The van der Waals surface area contributed by atoms with Crippen LogP contribution in [0.15, 0.2) is 35.8 Å². The third-order valence-electron chi connectivity index (χ3n) is 2.92. The Morgan fingerprint density at radius 1 is 1.00 bits per heavy atom. The van der Waals surface area contributed by atoms with Crippen LogP contribution in [-0.2, 0) is 0 Å². The van der Waals surface area contributed by atoms with E-state index in [0.717, 1.165) is 11.8 Å². The highest BCUT2D eigenvalue weighted by Crippen LogP contribution is 2.50. The Morgan fingerprint density at radius 2 is 1.45 bits per heavy atom. The van der Waals surface area contributed by atoms with Gasteiger partial charge in [-0.25, -0.2) is 0 Å². The van der Waals surface area contributed by atoms with Gasteiger partial charge in [0.15, 0.2) is 0 Å². The van der Waals surface area contributed by atoms with Crippen molar-refractivity contribution in [3.05, 3.63) is 35.8 Å². The summed E-state index contributed by atoms with van der Waals surface area (Å²) in [6, 6.07) is 0. The molecule has 2 unspecified atom stereocenters. The van der Waals surface area contributed by atoms with E-state index in [9.17, 15) is 0 Å². The first-order valence-electron chi connectivity index (χ1n) is 4.17. The van der Waals surface area contributed by atoms with E-state index in [2.05, 4.69) is 24.6 Å². The second kappa shape index (κ2) is 2.27. The Kier molecular flexibility index (Phi) is 1.39. The molecule has 2 aliphatic rings. The lowest BCUT2D eigenvalue weighted by atomic mass is 9.91. The first kappa shape index (κ1) is 6.73. The highest BCUT2D eigenvalue weighted by Gasteiger charge is 2.39. The molecule has 0 amide bonds. The third-order valence-corrected chi connectivity index (χ3v) is 2.92. The van der Waals surface area contributed by atoms with Crippen molar-refractivity contribution in [2.24, 2.45) is 11.8 Å². The molecule has 2 rings (SSSR count). The SMILES string of the molecule is C=C=C1C(=C=C)C2CCC1C2. The maximum Gasteiger partial charge on any atom is 0.00764 e. The van der Waals surface area contributed by atoms with Gasteiger partial charge >= 0.3 is 0 Å². The monoisotopic (exact) mass is 144 g/mol. The molecule has 0 heterocycles. The predicted octanol–water partition coefficient (Wildman–Crippen LogP) is 2.84. The Labute approximate surface area is 67.6 Å². The number of fused-ring (bicyclic) bond motifs is 2. The predicted molar refractivity (Wildman–Crippen MR) is 46.1 cm³/mol. The Morgan fingerprint density at radius 3 is 1.82 bits per heavy atom. The van der Waals surface area contributed by atoms with Crippen LogP contribution < -0.4 is 0 Å². The summed E-state index contributed by atoms with van der Waals surface area (Å²) in [5, 5.41) is 0. The van der Waals surface area contributed by atoms with Crippen molar-refractivity contribution in [2.45, 2.75) is 19.3 Å². The molecule has 0 aliphatic heterocycles. The zero-order valence-electron chi connectivity index (χ0n) is 6.69. The minimum atomic E-state index is 0.738. The Balaban J connectivity index is 2.51. The zero-order chi connectivity index (χ0) is 7.84. The second-order valence-corrected chi connectivity index (χ2v) is 3.39. The number of hydrogen-bond acceptors (Lipinski definition) is 0. The topological polar surface area (TPSA) is 0 Å². The van der Waals surface area contributed by atoms with E-state index >= 15 is 0 Å². The van der Waals surface area contributed by atoms with Crippen molar-refractivity contribution in [1.29, 1.82) is 0 Å². The average Bonchev–Trinajstić information content (AvgIpc) is 2.60. The van der Waals surface area contributed by atoms with Crippen LogP contribution in [0, 0.1) is 11.8 Å². The molecule has 2 atom stereocenters. The van der Waals surface area contributed by atoms with Crippen molar-refractivity contribution in [3.8, 4) is 0 Å². The largest absolute Gasteiger partial charge is 0.124 e. The molecule has 2 fully saturated rings. The molecule has 0 nitrogen and oxygen atoms in total. The Bertz CT molecular complexity index is 253. The van der Waals surface area contributed by atoms with Crippen molar-refractivity contribution in [1.82, 2.24) is 0 Å². The molecular formula is C11H12. The standard InChI is InChI=1S/C11H12/c1-3-10-8-5-6-9(7-8)11(10)4-2/h8-9H,1-2,5-7H2. The van der Waals surface area contributed by atoms with Gasteiger partial charge in [-0.1, -0.05) is 13.2 Å². The summed E-state index contributed by atoms with van der Waals surface area (Å²) in [5.41, 5.74) is 8.65. The molecule has 0 saturated heterocycles. The lowest BCUT2D eigenvalue weighted by Crippen LogP contribution is -2.00. The fraction of sp³-hybridized carbons (Fsp3) is 0.455. The van der Waals surface area contributed by atoms with Crippen molar-refractivity contribution < 1.29 is 0 Å². The van der Waals surface area contributed by atoms with E-state index < -0.39 is 0 Å². The van der Waals surface area contributed by atoms with Gasteiger partial charge in [-0.2, -0.15) is 0 Å². The maximum atomic E-state index is 3.71. The Hall–Kier alpha value is -0.960. The van der Waals surface area contributed by atoms with Gasteiger partial charge in [0, 0.05) is 11.1 Å². The van der Waals surface area contributed by atoms with Gasteiger partial charge in [0.1, 0.15) is 0 Å². The van der Waals surface area contributed by atoms with Crippen molar-refractivity contribution in [3.63, 3.8) is 0 Å². The van der Waals surface area contributed by atoms with E-state index in [0.29, 0.717) is 0 Å². The molecule has 2 saturated carbocycles. The number of rotatable bonds is 0. The summed E-state index contributed by atoms with van der Waals surface area (Å²) < 4.78 is 0. The summed E-state index contributed by atoms with van der Waals surface area (Å²) in [7, 11) is 0. The lowest BCUT2D eigenvalue weighted by molar-refractivity contribution is 0.656. The highest BCUT2D eigenvalue weighted by molar-refractivity contribution is 5.40. The molecule has 0 spiro atoms. The molecular weight excluding hydrogens is 132 g/mol. The van der Waals surface area contributed by atoms with Crippen LogP contribution in [0.4, 0.5) is 0 Å². The minimum absolute atomic E-state index is 0.738. The first-order valence-corrected chi connectivity index (χ1v) is 4.17. The van der Waals surface area contributed by atoms with Gasteiger partial charge in [0.2, 0.25) is 0 Å². The summed E-state index contributed by atoms with van der Waals surface area (Å²) >= 11 is 0. The second-order valence-electron chi connectivity index (χ2n) is 3.39. The van der Waals surface area contributed by atoms with E-state index in [1.165, 1.54) is 30.4 Å². The van der Waals surface area contributed by atoms with Crippen molar-refractivity contribution >= 4 is 0 Å². The van der Waals surface area contributed by atoms with E-state index in [4.69, 9.17) is 0 Å². The van der Waals surface area contributed by atoms with Gasteiger partial charge in [-0.15, -0.1) is 11.5 Å². The molecule has 0 N–H and O–H groups in total. The highest BCUT2D eigenvalue weighted by atomic mass is 14.4. The molecule has 0 aromatic heterocycles. The summed E-state index contributed by atoms with van der Waals surface area (Å²) in [6.07, 6.45) is 3.96. The summed E-state index contributed by atoms with van der Waals surface area (Å²) in [5.74, 6) is 1.48. The van der Waals surface area contributed by atoms with Crippen LogP contribution in [0.3, 0.4) is 0 Å². The van der Waals surface area contributed by atoms with E-state index in [1.54, 1.807) is 0 Å². The smallest absolute Gasteiger partial charge is 0.00764 e. The molecule has 2 aliphatic carbocycles. The fourth-order valence-corrected chi connectivity index (χ4v) is 2.42. The van der Waals surface area contributed by atoms with Gasteiger partial charge in [-0.3, -0.25) is 0 Å². The summed E-state index contributed by atoms with van der Waals surface area (Å²) in [4.78, 5) is 0. The third kappa shape index (κ3) is 0.775. The molecule has 0 heteroatoms.